The van der Waals surface area contributed by atoms with Gasteiger partial charge in [-0.15, -0.1) is 0 Å². The largest absolute Gasteiger partial charge is 0.375 e. The van der Waals surface area contributed by atoms with E-state index in [9.17, 15) is 9.59 Å². The summed E-state index contributed by atoms with van der Waals surface area (Å²) in [7, 11) is 3.23. The van der Waals surface area contributed by atoms with Gasteiger partial charge < -0.3 is 15.0 Å². The van der Waals surface area contributed by atoms with E-state index in [0.717, 1.165) is 6.42 Å². The molecule has 0 spiro atoms. The molecule has 5 nitrogen and oxygen atoms in total. The van der Waals surface area contributed by atoms with Crippen molar-refractivity contribution in [2.45, 2.75) is 18.9 Å². The zero-order valence-electron chi connectivity index (χ0n) is 8.58. The predicted octanol–water partition coefficient (Wildman–Crippen LogP) is -0.630. The van der Waals surface area contributed by atoms with Gasteiger partial charge in [-0.25, -0.2) is 0 Å². The summed E-state index contributed by atoms with van der Waals surface area (Å²) in [6.07, 6.45) is 1.23. The predicted molar refractivity (Wildman–Crippen MR) is 50.7 cm³/mol. The maximum absolute atomic E-state index is 11.2. The van der Waals surface area contributed by atoms with Crippen molar-refractivity contribution in [3.8, 4) is 0 Å². The van der Waals surface area contributed by atoms with E-state index in [1.807, 2.05) is 0 Å². The Labute approximate surface area is 83.4 Å². The second-order valence-corrected chi connectivity index (χ2v) is 3.51. The summed E-state index contributed by atoms with van der Waals surface area (Å²) in [5, 5.41) is 2.81. The molecule has 0 aliphatic carbocycles. The van der Waals surface area contributed by atoms with E-state index in [0.29, 0.717) is 13.0 Å². The number of piperidine rings is 1. The topological polar surface area (TPSA) is 58.6 Å². The van der Waals surface area contributed by atoms with Gasteiger partial charge in [0.25, 0.3) is 0 Å². The number of likely N-dealkylation sites (tertiary alicyclic amines) is 1. The van der Waals surface area contributed by atoms with Gasteiger partial charge in [-0.2, -0.15) is 0 Å². The van der Waals surface area contributed by atoms with E-state index in [4.69, 9.17) is 4.74 Å². The number of nitrogens with zero attached hydrogens (tertiary/aromatic N) is 1. The molecule has 1 fully saturated rings. The highest BCUT2D eigenvalue weighted by molar-refractivity contribution is 5.79. The van der Waals surface area contributed by atoms with Crippen LogP contribution < -0.4 is 5.32 Å². The smallest absolute Gasteiger partial charge is 0.246 e. The molecule has 1 aliphatic heterocycles. The third-order valence-electron chi connectivity index (χ3n) is 2.27. The van der Waals surface area contributed by atoms with Crippen LogP contribution in [-0.4, -0.2) is 50.1 Å². The molecule has 0 aromatic rings. The first-order valence-electron chi connectivity index (χ1n) is 4.65. The summed E-state index contributed by atoms with van der Waals surface area (Å²) in [4.78, 5) is 23.9. The molecule has 1 aliphatic rings. The number of methoxy groups -OCH3 is 1. The van der Waals surface area contributed by atoms with Crippen molar-refractivity contribution < 1.29 is 14.3 Å². The summed E-state index contributed by atoms with van der Waals surface area (Å²) >= 11 is 0. The fourth-order valence-electron chi connectivity index (χ4n) is 1.53. The van der Waals surface area contributed by atoms with E-state index in [-0.39, 0.29) is 24.5 Å². The lowest BCUT2D eigenvalue weighted by molar-refractivity contribution is -0.134. The average molecular weight is 200 g/mol. The van der Waals surface area contributed by atoms with E-state index in [1.165, 1.54) is 7.11 Å². The molecule has 1 rings (SSSR count). The van der Waals surface area contributed by atoms with Gasteiger partial charge in [0, 0.05) is 33.2 Å². The zero-order chi connectivity index (χ0) is 10.6. The fourth-order valence-corrected chi connectivity index (χ4v) is 1.53. The summed E-state index contributed by atoms with van der Waals surface area (Å²) in [6, 6.07) is 0.0698. The van der Waals surface area contributed by atoms with Gasteiger partial charge in [0.2, 0.25) is 11.8 Å². The number of ether oxygens (including phenoxy) is 1. The molecule has 0 aromatic heterocycles. The van der Waals surface area contributed by atoms with Crippen LogP contribution in [0.3, 0.4) is 0 Å². The molecule has 1 heterocycles. The number of hydrogen-bond acceptors (Lipinski definition) is 3. The maximum atomic E-state index is 11.2. The quantitative estimate of drug-likeness (QED) is 0.660. The second-order valence-electron chi connectivity index (χ2n) is 3.51. The summed E-state index contributed by atoms with van der Waals surface area (Å²) in [6.45, 7) is 0.669. The van der Waals surface area contributed by atoms with Crippen LogP contribution in [0.4, 0.5) is 0 Å². The second kappa shape index (κ2) is 4.95. The van der Waals surface area contributed by atoms with Crippen molar-refractivity contribution in [3.63, 3.8) is 0 Å². The van der Waals surface area contributed by atoms with Gasteiger partial charge in [-0.1, -0.05) is 0 Å². The number of carbonyl (C=O) groups is 2. The van der Waals surface area contributed by atoms with Crippen molar-refractivity contribution >= 4 is 11.8 Å². The summed E-state index contributed by atoms with van der Waals surface area (Å²) < 4.78 is 4.70. The van der Waals surface area contributed by atoms with E-state index < -0.39 is 0 Å². The van der Waals surface area contributed by atoms with Gasteiger partial charge in [-0.3, -0.25) is 9.59 Å². The van der Waals surface area contributed by atoms with Crippen LogP contribution >= 0.6 is 0 Å². The third-order valence-corrected chi connectivity index (χ3v) is 2.27. The summed E-state index contributed by atoms with van der Waals surface area (Å²) in [5.74, 6) is 0.0162. The molecular weight excluding hydrogens is 184 g/mol. The van der Waals surface area contributed by atoms with E-state index in [1.54, 1.807) is 11.9 Å². The van der Waals surface area contributed by atoms with E-state index >= 15 is 0 Å². The Morgan fingerprint density at radius 1 is 1.71 bits per heavy atom. The Kier molecular flexibility index (Phi) is 3.88. The number of rotatable bonds is 3. The first-order chi connectivity index (χ1) is 6.63. The molecule has 1 N–H and O–H groups in total. The van der Waals surface area contributed by atoms with Crippen molar-refractivity contribution in [2.75, 3.05) is 27.3 Å². The zero-order valence-corrected chi connectivity index (χ0v) is 8.58. The van der Waals surface area contributed by atoms with Gasteiger partial charge in [0.05, 0.1) is 0 Å². The van der Waals surface area contributed by atoms with Gasteiger partial charge in [-0.05, 0) is 6.42 Å². The number of amides is 2. The minimum Gasteiger partial charge on any atom is -0.375 e. The molecule has 14 heavy (non-hydrogen) atoms. The summed E-state index contributed by atoms with van der Waals surface area (Å²) in [5.41, 5.74) is 0. The van der Waals surface area contributed by atoms with Gasteiger partial charge >= 0.3 is 0 Å². The number of nitrogens with one attached hydrogen (secondary N) is 1. The van der Waals surface area contributed by atoms with Crippen LogP contribution in [-0.2, 0) is 14.3 Å². The SMILES string of the molecule is COCC(=O)NC1CCC(=O)N(C)C1. The Balaban J connectivity index is 2.32. The molecular formula is C9H16N2O3. The average Bonchev–Trinajstić information content (AvgIpc) is 2.12. The number of likely N-dealkylation sites (N-methyl/N-ethyl adjacent to an activating group) is 1. The van der Waals surface area contributed by atoms with Crippen LogP contribution in [0.5, 0.6) is 0 Å². The highest BCUT2D eigenvalue weighted by atomic mass is 16.5. The van der Waals surface area contributed by atoms with Crippen LogP contribution in [0.25, 0.3) is 0 Å². The van der Waals surface area contributed by atoms with Gasteiger partial charge in [0.1, 0.15) is 6.61 Å². The van der Waals surface area contributed by atoms with Crippen molar-refractivity contribution in [1.29, 1.82) is 0 Å². The van der Waals surface area contributed by atoms with Crippen LogP contribution in [0, 0.1) is 0 Å². The van der Waals surface area contributed by atoms with Crippen molar-refractivity contribution in [2.24, 2.45) is 0 Å². The Morgan fingerprint density at radius 3 is 3.00 bits per heavy atom. The molecule has 1 unspecified atom stereocenters. The Bertz CT molecular complexity index is 230. The highest BCUT2D eigenvalue weighted by Gasteiger charge is 2.23. The molecule has 0 saturated carbocycles. The molecule has 2 amide bonds. The highest BCUT2D eigenvalue weighted by Crippen LogP contribution is 2.09. The lowest BCUT2D eigenvalue weighted by atomic mass is 10.1. The fraction of sp³-hybridized carbons (Fsp3) is 0.778. The van der Waals surface area contributed by atoms with Gasteiger partial charge in [0.15, 0.2) is 0 Å². The normalized spacial score (nSPS) is 22.3. The molecule has 1 atom stereocenters. The standard InChI is InChI=1S/C9H16N2O3/c1-11-5-7(3-4-9(11)13)10-8(12)6-14-2/h7H,3-6H2,1-2H3,(H,10,12). The van der Waals surface area contributed by atoms with E-state index in [2.05, 4.69) is 5.32 Å². The van der Waals surface area contributed by atoms with Crippen LogP contribution in [0.1, 0.15) is 12.8 Å². The Hall–Kier alpha value is -1.10. The minimum atomic E-state index is -0.125. The monoisotopic (exact) mass is 200 g/mol. The first kappa shape index (κ1) is 11.0. The molecule has 0 aromatic carbocycles. The first-order valence-corrected chi connectivity index (χ1v) is 4.65. The molecule has 1 saturated heterocycles. The molecule has 0 bridgehead atoms. The Morgan fingerprint density at radius 2 is 2.43 bits per heavy atom. The molecule has 80 valence electrons. The van der Waals surface area contributed by atoms with Crippen molar-refractivity contribution in [1.82, 2.24) is 10.2 Å². The maximum Gasteiger partial charge on any atom is 0.246 e. The van der Waals surface area contributed by atoms with Crippen LogP contribution in [0.15, 0.2) is 0 Å². The number of carbonyl (C=O) groups excluding carboxylic acids is 2. The van der Waals surface area contributed by atoms with Crippen LogP contribution in [0.2, 0.25) is 0 Å². The number of hydrogen-bond donors (Lipinski definition) is 1. The lowest BCUT2D eigenvalue weighted by Crippen LogP contribution is -2.49. The van der Waals surface area contributed by atoms with Crippen molar-refractivity contribution in [3.05, 3.63) is 0 Å². The third kappa shape index (κ3) is 2.99. The molecule has 0 radical (unpaired) electrons. The minimum absolute atomic E-state index is 0.0698. The molecule has 5 heteroatoms. The lowest BCUT2D eigenvalue weighted by Gasteiger charge is -2.30.